The van der Waals surface area contributed by atoms with Crippen LogP contribution in [0.15, 0.2) is 32.3 Å². The van der Waals surface area contributed by atoms with Crippen LogP contribution in [0.25, 0.3) is 0 Å². The number of ether oxygens (including phenoxy) is 2. The molecule has 1 saturated heterocycles. The molecular weight excluding hydrogens is 496 g/mol. The quantitative estimate of drug-likeness (QED) is 0.586. The highest BCUT2D eigenvalue weighted by atomic mass is 79.9. The van der Waals surface area contributed by atoms with Gasteiger partial charge in [0.05, 0.1) is 25.5 Å². The Bertz CT molecular complexity index is 1060. The third kappa shape index (κ3) is 4.62. The fourth-order valence-corrected chi connectivity index (χ4v) is 6.06. The van der Waals surface area contributed by atoms with Gasteiger partial charge in [0.1, 0.15) is 5.56 Å². The second-order valence-electron chi connectivity index (χ2n) is 6.61. The number of nitrogens with zero attached hydrogens (tertiary/aromatic N) is 1. The molecule has 0 atom stereocenters. The third-order valence-electron chi connectivity index (χ3n) is 4.67. The number of hydrogen-bond acceptors (Lipinski definition) is 7. The van der Waals surface area contributed by atoms with Crippen molar-refractivity contribution >= 4 is 54.9 Å². The summed E-state index contributed by atoms with van der Waals surface area (Å²) in [6.45, 7) is 1.28. The minimum atomic E-state index is -4.14. The van der Waals surface area contributed by atoms with E-state index in [2.05, 4.69) is 25.4 Å². The number of amides is 1. The topological polar surface area (TPSA) is 102 Å². The van der Waals surface area contributed by atoms with Crippen molar-refractivity contribution in [3.05, 3.63) is 39.2 Å². The largest absolute Gasteiger partial charge is 0.493 e. The number of esters is 1. The zero-order valence-electron chi connectivity index (χ0n) is 16.4. The van der Waals surface area contributed by atoms with Gasteiger partial charge >= 0.3 is 5.97 Å². The number of hydrogen-bond donors (Lipinski definition) is 1. The van der Waals surface area contributed by atoms with Crippen molar-refractivity contribution in [2.24, 2.45) is 0 Å². The normalized spacial score (nSPS) is 14.3. The van der Waals surface area contributed by atoms with Crippen molar-refractivity contribution in [1.82, 2.24) is 4.90 Å². The summed E-state index contributed by atoms with van der Waals surface area (Å²) in [5.41, 5.74) is 0.423. The Morgan fingerprint density at radius 2 is 1.83 bits per heavy atom. The van der Waals surface area contributed by atoms with E-state index in [0.29, 0.717) is 17.6 Å². The highest BCUT2D eigenvalue weighted by Gasteiger charge is 2.30. The summed E-state index contributed by atoms with van der Waals surface area (Å²) in [6, 6.07) is 4.82. The molecule has 1 aliphatic rings. The Hall–Kier alpha value is -2.11. The highest BCUT2D eigenvalue weighted by Crippen LogP contribution is 2.37. The molecule has 3 rings (SSSR count). The van der Waals surface area contributed by atoms with E-state index in [1.165, 1.54) is 25.7 Å². The number of nitrogens with one attached hydrogen (secondary N) is 1. The Kier molecular flexibility index (Phi) is 7.04. The Balaban J connectivity index is 1.97. The van der Waals surface area contributed by atoms with Gasteiger partial charge in [-0.2, -0.15) is 0 Å². The molecule has 1 aromatic heterocycles. The van der Waals surface area contributed by atoms with Gasteiger partial charge in [0.15, 0.2) is 9.96 Å². The number of anilines is 1. The fraction of sp³-hybridized carbons (Fsp3) is 0.368. The van der Waals surface area contributed by atoms with Crippen molar-refractivity contribution in [2.75, 3.05) is 32.0 Å². The van der Waals surface area contributed by atoms with E-state index in [4.69, 9.17) is 4.74 Å². The van der Waals surface area contributed by atoms with E-state index in [9.17, 15) is 18.0 Å². The SMILES string of the molecule is COC(=O)c1csc(S(=O)(=O)Nc2cc(Br)ccc2C(=O)N2CCCCC2)c1OC. The van der Waals surface area contributed by atoms with Crippen LogP contribution in [0.1, 0.15) is 40.0 Å². The molecule has 0 unspecified atom stereocenters. The average Bonchev–Trinajstić information content (AvgIpc) is 3.18. The molecular formula is C19H21BrN2O6S2. The molecule has 0 aliphatic carbocycles. The van der Waals surface area contributed by atoms with Gasteiger partial charge in [0.25, 0.3) is 15.9 Å². The number of benzene rings is 1. The Morgan fingerprint density at radius 3 is 2.47 bits per heavy atom. The van der Waals surface area contributed by atoms with Crippen molar-refractivity contribution in [3.8, 4) is 5.75 Å². The molecule has 0 spiro atoms. The van der Waals surface area contributed by atoms with Crippen molar-refractivity contribution in [1.29, 1.82) is 0 Å². The van der Waals surface area contributed by atoms with Gasteiger partial charge in [-0.05, 0) is 37.5 Å². The fourth-order valence-electron chi connectivity index (χ4n) is 3.20. The van der Waals surface area contributed by atoms with Gasteiger partial charge in [-0.1, -0.05) is 15.9 Å². The molecule has 11 heteroatoms. The van der Waals surface area contributed by atoms with Crippen LogP contribution < -0.4 is 9.46 Å². The average molecular weight is 517 g/mol. The van der Waals surface area contributed by atoms with Gasteiger partial charge < -0.3 is 14.4 Å². The molecule has 2 heterocycles. The van der Waals surface area contributed by atoms with Crippen LogP contribution in [0.3, 0.4) is 0 Å². The molecule has 1 aromatic carbocycles. The van der Waals surface area contributed by atoms with E-state index in [1.807, 2.05) is 0 Å². The van der Waals surface area contributed by atoms with Crippen LogP contribution in [0, 0.1) is 0 Å². The second-order valence-corrected chi connectivity index (χ2v) is 10.3. The van der Waals surface area contributed by atoms with Crippen LogP contribution in [-0.4, -0.2) is 52.5 Å². The first kappa shape index (κ1) is 22.6. The first-order valence-electron chi connectivity index (χ1n) is 9.14. The van der Waals surface area contributed by atoms with Crippen molar-refractivity contribution < 1.29 is 27.5 Å². The minimum absolute atomic E-state index is 0.0178. The van der Waals surface area contributed by atoms with Crippen LogP contribution >= 0.6 is 27.3 Å². The number of rotatable bonds is 6. The predicted octanol–water partition coefficient (Wildman–Crippen LogP) is 3.73. The lowest BCUT2D eigenvalue weighted by Gasteiger charge is -2.27. The summed E-state index contributed by atoms with van der Waals surface area (Å²) in [4.78, 5) is 26.6. The molecule has 162 valence electrons. The molecule has 0 saturated carbocycles. The number of sulfonamides is 1. The highest BCUT2D eigenvalue weighted by molar-refractivity contribution is 9.10. The molecule has 0 bridgehead atoms. The molecule has 1 N–H and O–H groups in total. The Morgan fingerprint density at radius 1 is 1.13 bits per heavy atom. The maximum atomic E-state index is 13.1. The van der Waals surface area contributed by atoms with Crippen molar-refractivity contribution in [2.45, 2.75) is 23.5 Å². The number of thiophene rings is 1. The monoisotopic (exact) mass is 516 g/mol. The third-order valence-corrected chi connectivity index (χ3v) is 8.02. The standard InChI is InChI=1S/C19H21BrN2O6S2/c1-27-16-14(18(24)28-2)11-29-19(16)30(25,26)21-15-10-12(20)6-7-13(15)17(23)22-8-4-3-5-9-22/h6-7,10-11,21H,3-5,8-9H2,1-2H3. The molecule has 2 aromatic rings. The van der Waals surface area contributed by atoms with Crippen LogP contribution in [-0.2, 0) is 14.8 Å². The van der Waals surface area contributed by atoms with E-state index in [-0.39, 0.29) is 32.7 Å². The smallest absolute Gasteiger partial charge is 0.342 e. The molecule has 1 aliphatic heterocycles. The van der Waals surface area contributed by atoms with Crippen LogP contribution in [0.4, 0.5) is 5.69 Å². The van der Waals surface area contributed by atoms with Gasteiger partial charge in [-0.25, -0.2) is 13.2 Å². The lowest BCUT2D eigenvalue weighted by molar-refractivity contribution is 0.0597. The first-order chi connectivity index (χ1) is 14.3. The molecule has 0 radical (unpaired) electrons. The number of likely N-dealkylation sites (tertiary alicyclic amines) is 1. The number of halogens is 1. The molecule has 8 nitrogen and oxygen atoms in total. The summed E-state index contributed by atoms with van der Waals surface area (Å²) in [5.74, 6) is -1.03. The predicted molar refractivity (Wildman–Crippen MR) is 117 cm³/mol. The van der Waals surface area contributed by atoms with Crippen LogP contribution in [0.5, 0.6) is 5.75 Å². The number of methoxy groups -OCH3 is 2. The van der Waals surface area contributed by atoms with E-state index < -0.39 is 16.0 Å². The summed E-state index contributed by atoms with van der Waals surface area (Å²) in [6.07, 6.45) is 2.92. The maximum Gasteiger partial charge on any atom is 0.342 e. The van der Waals surface area contributed by atoms with Crippen LogP contribution in [0.2, 0.25) is 0 Å². The zero-order valence-corrected chi connectivity index (χ0v) is 19.7. The summed E-state index contributed by atoms with van der Waals surface area (Å²) in [5, 5.41) is 1.36. The van der Waals surface area contributed by atoms with Crippen molar-refractivity contribution in [3.63, 3.8) is 0 Å². The maximum absolute atomic E-state index is 13.1. The summed E-state index contributed by atoms with van der Waals surface area (Å²) < 4.78 is 38.9. The molecule has 1 amide bonds. The van der Waals surface area contributed by atoms with Gasteiger partial charge in [0.2, 0.25) is 0 Å². The number of carbonyl (C=O) groups is 2. The summed E-state index contributed by atoms with van der Waals surface area (Å²) >= 11 is 4.16. The summed E-state index contributed by atoms with van der Waals surface area (Å²) in [7, 11) is -1.66. The zero-order chi connectivity index (χ0) is 21.9. The van der Waals surface area contributed by atoms with E-state index >= 15 is 0 Å². The molecule has 30 heavy (non-hydrogen) atoms. The van der Waals surface area contributed by atoms with E-state index in [1.54, 1.807) is 17.0 Å². The van der Waals surface area contributed by atoms with E-state index in [0.717, 1.165) is 30.6 Å². The minimum Gasteiger partial charge on any atom is -0.493 e. The number of piperidine rings is 1. The number of carbonyl (C=O) groups excluding carboxylic acids is 2. The second kappa shape index (κ2) is 9.36. The van der Waals surface area contributed by atoms with Gasteiger partial charge in [-0.3, -0.25) is 9.52 Å². The lowest BCUT2D eigenvalue weighted by Crippen LogP contribution is -2.36. The Labute approximate surface area is 187 Å². The lowest BCUT2D eigenvalue weighted by atomic mass is 10.1. The first-order valence-corrected chi connectivity index (χ1v) is 12.3. The molecule has 1 fully saturated rings. The van der Waals surface area contributed by atoms with Gasteiger partial charge in [-0.15, -0.1) is 11.3 Å². The van der Waals surface area contributed by atoms with Gasteiger partial charge in [0, 0.05) is 22.9 Å².